The Morgan fingerprint density at radius 3 is 2.87 bits per heavy atom. The van der Waals surface area contributed by atoms with Gasteiger partial charge in [0, 0.05) is 32.3 Å². The summed E-state index contributed by atoms with van der Waals surface area (Å²) in [6.45, 7) is 4.88. The van der Waals surface area contributed by atoms with Crippen molar-refractivity contribution in [2.45, 2.75) is 19.8 Å². The van der Waals surface area contributed by atoms with Gasteiger partial charge in [-0.3, -0.25) is 9.78 Å². The Labute approximate surface area is 180 Å². The molecule has 1 aliphatic heterocycles. The first-order valence-electron chi connectivity index (χ1n) is 10.3. The zero-order valence-electron chi connectivity index (χ0n) is 17.6. The van der Waals surface area contributed by atoms with E-state index >= 15 is 0 Å². The summed E-state index contributed by atoms with van der Waals surface area (Å²) in [6.07, 6.45) is 4.39. The monoisotopic (exact) mass is 420 g/mol. The number of ether oxygens (including phenoxy) is 2. The number of anilines is 1. The quantitative estimate of drug-likeness (QED) is 0.753. The Bertz CT molecular complexity index is 1070. The molecule has 3 heterocycles. The zero-order valence-corrected chi connectivity index (χ0v) is 17.6. The molecule has 0 atom stereocenters. The van der Waals surface area contributed by atoms with Crippen molar-refractivity contribution in [3.8, 4) is 11.8 Å². The summed E-state index contributed by atoms with van der Waals surface area (Å²) in [6, 6.07) is 3.93. The summed E-state index contributed by atoms with van der Waals surface area (Å²) in [7, 11) is 1.56. The van der Waals surface area contributed by atoms with E-state index in [0.29, 0.717) is 79.9 Å². The molecule has 9 heteroatoms. The number of hydrogen-bond acceptors (Lipinski definition) is 8. The van der Waals surface area contributed by atoms with Crippen LogP contribution in [0.25, 0.3) is 5.57 Å². The number of rotatable bonds is 6. The third kappa shape index (κ3) is 4.20. The van der Waals surface area contributed by atoms with Crippen molar-refractivity contribution < 1.29 is 14.3 Å². The number of fused-ring (bicyclic) bond motifs is 1. The van der Waals surface area contributed by atoms with Crippen LogP contribution in [0.4, 0.5) is 5.82 Å². The van der Waals surface area contributed by atoms with Gasteiger partial charge in [-0.2, -0.15) is 5.26 Å². The van der Waals surface area contributed by atoms with Crippen molar-refractivity contribution in [2.24, 2.45) is 0 Å². The fourth-order valence-electron chi connectivity index (χ4n) is 3.76. The number of morpholine rings is 1. The van der Waals surface area contributed by atoms with Gasteiger partial charge >= 0.3 is 0 Å². The third-order valence-corrected chi connectivity index (χ3v) is 5.29. The molecule has 0 bridgehead atoms. The minimum Gasteiger partial charge on any atom is -0.495 e. The van der Waals surface area contributed by atoms with Crippen LogP contribution in [0.15, 0.2) is 18.3 Å². The largest absolute Gasteiger partial charge is 0.495 e. The van der Waals surface area contributed by atoms with Gasteiger partial charge in [0.05, 0.1) is 60.9 Å². The van der Waals surface area contributed by atoms with E-state index in [1.54, 1.807) is 24.3 Å². The van der Waals surface area contributed by atoms with Gasteiger partial charge in [0.1, 0.15) is 17.4 Å². The normalized spacial score (nSPS) is 15.1. The Morgan fingerprint density at radius 1 is 1.35 bits per heavy atom. The average Bonchev–Trinajstić information content (AvgIpc) is 3.23. The molecular formula is C22H24N6O3. The van der Waals surface area contributed by atoms with Gasteiger partial charge in [-0.1, -0.05) is 6.08 Å². The van der Waals surface area contributed by atoms with Crippen molar-refractivity contribution in [1.29, 1.82) is 5.26 Å². The molecule has 1 fully saturated rings. The number of amides is 1. The maximum Gasteiger partial charge on any atom is 0.255 e. The van der Waals surface area contributed by atoms with Crippen molar-refractivity contribution in [3.05, 3.63) is 46.7 Å². The molecule has 2 aliphatic rings. The summed E-state index contributed by atoms with van der Waals surface area (Å²) in [5.74, 6) is 1.68. The van der Waals surface area contributed by atoms with E-state index in [0.717, 1.165) is 11.3 Å². The van der Waals surface area contributed by atoms with E-state index in [-0.39, 0.29) is 5.91 Å². The average molecular weight is 420 g/mol. The van der Waals surface area contributed by atoms with Crippen LogP contribution in [0.2, 0.25) is 0 Å². The number of allylic oxidation sites excluding steroid dienone is 2. The van der Waals surface area contributed by atoms with Crippen LogP contribution in [-0.4, -0.2) is 65.7 Å². The fraction of sp³-hybridized carbons (Fsp3) is 0.409. The van der Waals surface area contributed by atoms with Crippen molar-refractivity contribution in [2.75, 3.05) is 45.3 Å². The molecule has 160 valence electrons. The number of carbonyl (C=O) groups is 1. The summed E-state index contributed by atoms with van der Waals surface area (Å²) in [5, 5.41) is 12.6. The SMILES string of the molecule is CCNc1nc(Cc2ncc(C(=O)N3CCOCC3)cc2OC)nc2c1C(C#N)=CC2. The maximum atomic E-state index is 12.8. The summed E-state index contributed by atoms with van der Waals surface area (Å²) in [4.78, 5) is 28.3. The minimum absolute atomic E-state index is 0.0843. The van der Waals surface area contributed by atoms with Gasteiger partial charge < -0.3 is 19.7 Å². The number of methoxy groups -OCH3 is 1. The highest BCUT2D eigenvalue weighted by atomic mass is 16.5. The van der Waals surface area contributed by atoms with Crippen molar-refractivity contribution in [3.63, 3.8) is 0 Å². The number of nitriles is 1. The smallest absolute Gasteiger partial charge is 0.255 e. The Kier molecular flexibility index (Phi) is 6.09. The molecule has 2 aromatic heterocycles. The highest BCUT2D eigenvalue weighted by Crippen LogP contribution is 2.32. The Balaban J connectivity index is 1.60. The first-order valence-corrected chi connectivity index (χ1v) is 10.3. The lowest BCUT2D eigenvalue weighted by atomic mass is 10.1. The maximum absolute atomic E-state index is 12.8. The molecule has 1 aliphatic carbocycles. The van der Waals surface area contributed by atoms with E-state index in [9.17, 15) is 10.1 Å². The first-order chi connectivity index (χ1) is 15.1. The van der Waals surface area contributed by atoms with E-state index in [1.807, 2.05) is 13.0 Å². The van der Waals surface area contributed by atoms with Gasteiger partial charge in [0.15, 0.2) is 0 Å². The van der Waals surface area contributed by atoms with Gasteiger partial charge in [-0.25, -0.2) is 9.97 Å². The van der Waals surface area contributed by atoms with Gasteiger partial charge in [-0.15, -0.1) is 0 Å². The van der Waals surface area contributed by atoms with Crippen molar-refractivity contribution in [1.82, 2.24) is 19.9 Å². The predicted molar refractivity (Wildman–Crippen MR) is 114 cm³/mol. The molecule has 0 unspecified atom stereocenters. The van der Waals surface area contributed by atoms with E-state index < -0.39 is 0 Å². The number of aromatic nitrogens is 3. The fourth-order valence-corrected chi connectivity index (χ4v) is 3.76. The van der Waals surface area contributed by atoms with Gasteiger partial charge in [0.2, 0.25) is 0 Å². The second-order valence-corrected chi connectivity index (χ2v) is 7.23. The van der Waals surface area contributed by atoms with Crippen LogP contribution in [0.1, 0.15) is 40.1 Å². The van der Waals surface area contributed by atoms with E-state index in [1.165, 1.54) is 0 Å². The molecule has 1 amide bonds. The molecule has 2 aromatic rings. The standard InChI is InChI=1S/C22H24N6O3/c1-3-24-21-20-14(12-23)4-5-16(20)26-19(27-21)11-17-18(30-2)10-15(13-25-17)22(29)28-6-8-31-9-7-28/h4,10,13H,3,5-9,11H2,1-2H3,(H,24,26,27). The van der Waals surface area contributed by atoms with Crippen LogP contribution in [0.5, 0.6) is 5.75 Å². The Morgan fingerprint density at radius 2 is 2.16 bits per heavy atom. The van der Waals surface area contributed by atoms with Crippen LogP contribution >= 0.6 is 0 Å². The molecule has 1 saturated heterocycles. The molecule has 0 spiro atoms. The first kappa shape index (κ1) is 20.8. The molecule has 0 saturated carbocycles. The Hall–Kier alpha value is -3.51. The lowest BCUT2D eigenvalue weighted by Gasteiger charge is -2.26. The number of carbonyl (C=O) groups excluding carboxylic acids is 1. The molecule has 1 N–H and O–H groups in total. The van der Waals surface area contributed by atoms with E-state index in [4.69, 9.17) is 9.47 Å². The molecule has 0 aromatic carbocycles. The second-order valence-electron chi connectivity index (χ2n) is 7.23. The van der Waals surface area contributed by atoms with Gasteiger partial charge in [0.25, 0.3) is 5.91 Å². The van der Waals surface area contributed by atoms with Crippen molar-refractivity contribution >= 4 is 17.3 Å². The van der Waals surface area contributed by atoms with Crippen LogP contribution in [0, 0.1) is 11.3 Å². The summed E-state index contributed by atoms with van der Waals surface area (Å²) in [5.41, 5.74) is 3.33. The second kappa shape index (κ2) is 9.10. The zero-order chi connectivity index (χ0) is 21.8. The minimum atomic E-state index is -0.0843. The number of nitrogens with zero attached hydrogens (tertiary/aromatic N) is 5. The highest BCUT2D eigenvalue weighted by Gasteiger charge is 2.24. The summed E-state index contributed by atoms with van der Waals surface area (Å²) < 4.78 is 10.8. The van der Waals surface area contributed by atoms with Crippen LogP contribution < -0.4 is 10.1 Å². The van der Waals surface area contributed by atoms with E-state index in [2.05, 4.69) is 26.3 Å². The predicted octanol–water partition coefficient (Wildman–Crippen LogP) is 1.84. The topological polar surface area (TPSA) is 113 Å². The third-order valence-electron chi connectivity index (χ3n) is 5.29. The lowest BCUT2D eigenvalue weighted by molar-refractivity contribution is 0.0302. The molecule has 9 nitrogen and oxygen atoms in total. The number of pyridine rings is 1. The molecule has 4 rings (SSSR count). The lowest BCUT2D eigenvalue weighted by Crippen LogP contribution is -2.40. The van der Waals surface area contributed by atoms with Crippen LogP contribution in [0.3, 0.4) is 0 Å². The summed E-state index contributed by atoms with van der Waals surface area (Å²) >= 11 is 0. The highest BCUT2D eigenvalue weighted by molar-refractivity contribution is 5.94. The van der Waals surface area contributed by atoms with Crippen LogP contribution in [-0.2, 0) is 17.6 Å². The molecule has 31 heavy (non-hydrogen) atoms. The number of hydrogen-bond donors (Lipinski definition) is 1. The number of nitrogens with one attached hydrogen (secondary N) is 1. The molecule has 0 radical (unpaired) electrons. The van der Waals surface area contributed by atoms with Gasteiger partial charge in [-0.05, 0) is 13.0 Å². The molecular weight excluding hydrogens is 396 g/mol.